The maximum Gasteiger partial charge on any atom is 0.235 e. The summed E-state index contributed by atoms with van der Waals surface area (Å²) in [7, 11) is 3.26. The first-order chi connectivity index (χ1) is 18.7. The Morgan fingerprint density at radius 3 is 1.58 bits per heavy atom. The van der Waals surface area contributed by atoms with E-state index in [1.165, 1.54) is 22.7 Å². The lowest BCUT2D eigenvalue weighted by molar-refractivity contribution is 0.416. The second-order valence-corrected chi connectivity index (χ2v) is 10.0. The summed E-state index contributed by atoms with van der Waals surface area (Å²) in [6, 6.07) is 17.3. The zero-order chi connectivity index (χ0) is 25.6. The predicted molar refractivity (Wildman–Crippen MR) is 144 cm³/mol. The zero-order valence-corrected chi connectivity index (χ0v) is 21.6. The van der Waals surface area contributed by atoms with Gasteiger partial charge in [-0.25, -0.2) is 0 Å². The molecule has 13 heteroatoms. The lowest BCUT2D eigenvalue weighted by Crippen LogP contribution is -1.95. The van der Waals surface area contributed by atoms with Crippen LogP contribution in [0.3, 0.4) is 0 Å². The SMILES string of the molecule is COc1ccccc1-c1nnc2sc(-c3cncc(-c4nn5c(-c6ccccc6OC)nnc5s4)c3)nn12. The molecule has 0 aliphatic rings. The molecule has 0 N–H and O–H groups in total. The molecular weight excluding hydrogens is 522 g/mol. The third-order valence-corrected chi connectivity index (χ3v) is 7.81. The molecule has 0 unspecified atom stereocenters. The lowest BCUT2D eigenvalue weighted by atomic mass is 10.2. The first-order valence-corrected chi connectivity index (χ1v) is 13.0. The second kappa shape index (κ2) is 8.97. The van der Waals surface area contributed by atoms with Crippen molar-refractivity contribution >= 4 is 32.6 Å². The number of hydrogen-bond donors (Lipinski definition) is 0. The molecule has 186 valence electrons. The molecule has 0 saturated carbocycles. The van der Waals surface area contributed by atoms with E-state index in [1.54, 1.807) is 35.6 Å². The molecule has 0 aliphatic heterocycles. The minimum atomic E-state index is 0.613. The molecule has 2 aromatic carbocycles. The van der Waals surface area contributed by atoms with Crippen LogP contribution in [0.1, 0.15) is 0 Å². The van der Waals surface area contributed by atoms with E-state index in [0.717, 1.165) is 32.3 Å². The van der Waals surface area contributed by atoms with Crippen molar-refractivity contribution in [2.24, 2.45) is 0 Å². The van der Waals surface area contributed by atoms with Gasteiger partial charge in [0.15, 0.2) is 11.6 Å². The number of rotatable bonds is 6. The highest BCUT2D eigenvalue weighted by Gasteiger charge is 2.20. The molecule has 0 amide bonds. The molecule has 0 radical (unpaired) electrons. The van der Waals surface area contributed by atoms with Crippen molar-refractivity contribution in [1.29, 1.82) is 0 Å². The molecule has 11 nitrogen and oxygen atoms in total. The van der Waals surface area contributed by atoms with Crippen LogP contribution < -0.4 is 9.47 Å². The van der Waals surface area contributed by atoms with Crippen LogP contribution in [-0.4, -0.2) is 58.8 Å². The molecule has 38 heavy (non-hydrogen) atoms. The number of aromatic nitrogens is 9. The molecule has 0 spiro atoms. The molecule has 7 aromatic rings. The Kier molecular flexibility index (Phi) is 5.30. The normalized spacial score (nSPS) is 11.4. The summed E-state index contributed by atoms with van der Waals surface area (Å²) in [6.45, 7) is 0. The van der Waals surface area contributed by atoms with Crippen molar-refractivity contribution in [1.82, 2.24) is 44.6 Å². The topological polar surface area (TPSA) is 118 Å². The van der Waals surface area contributed by atoms with Crippen molar-refractivity contribution in [2.45, 2.75) is 0 Å². The van der Waals surface area contributed by atoms with Crippen molar-refractivity contribution in [3.05, 3.63) is 67.0 Å². The lowest BCUT2D eigenvalue weighted by Gasteiger charge is -2.05. The van der Waals surface area contributed by atoms with Crippen LogP contribution in [0.25, 0.3) is 53.8 Å². The number of pyridine rings is 1. The van der Waals surface area contributed by atoms with Gasteiger partial charge >= 0.3 is 0 Å². The largest absolute Gasteiger partial charge is 0.496 e. The Morgan fingerprint density at radius 1 is 0.632 bits per heavy atom. The van der Waals surface area contributed by atoms with Gasteiger partial charge < -0.3 is 9.47 Å². The van der Waals surface area contributed by atoms with E-state index in [-0.39, 0.29) is 0 Å². The first-order valence-electron chi connectivity index (χ1n) is 11.4. The number of methoxy groups -OCH3 is 2. The van der Waals surface area contributed by atoms with Gasteiger partial charge in [-0.1, -0.05) is 46.9 Å². The van der Waals surface area contributed by atoms with Gasteiger partial charge in [-0.2, -0.15) is 19.2 Å². The molecular formula is C25H17N9O2S2. The van der Waals surface area contributed by atoms with Gasteiger partial charge in [0, 0.05) is 23.5 Å². The molecule has 5 heterocycles. The molecule has 0 aliphatic carbocycles. The zero-order valence-electron chi connectivity index (χ0n) is 20.0. The number of para-hydroxylation sites is 2. The summed E-state index contributed by atoms with van der Waals surface area (Å²) >= 11 is 2.87. The Bertz CT molecular complexity index is 1800. The van der Waals surface area contributed by atoms with Crippen molar-refractivity contribution in [3.8, 4) is 55.4 Å². The number of fused-ring (bicyclic) bond motifs is 2. The van der Waals surface area contributed by atoms with Crippen LogP contribution in [0.5, 0.6) is 11.5 Å². The summed E-state index contributed by atoms with van der Waals surface area (Å²) in [4.78, 5) is 5.81. The molecule has 5 aromatic heterocycles. The fourth-order valence-electron chi connectivity index (χ4n) is 4.14. The van der Waals surface area contributed by atoms with Crippen molar-refractivity contribution in [2.75, 3.05) is 14.2 Å². The third kappa shape index (κ3) is 3.59. The van der Waals surface area contributed by atoms with Gasteiger partial charge in [-0.3, -0.25) is 4.98 Å². The van der Waals surface area contributed by atoms with Gasteiger partial charge in [0.05, 0.1) is 25.3 Å². The minimum Gasteiger partial charge on any atom is -0.496 e. The van der Waals surface area contributed by atoms with Gasteiger partial charge in [0.1, 0.15) is 21.5 Å². The fourth-order valence-corrected chi connectivity index (χ4v) is 5.78. The maximum absolute atomic E-state index is 5.50. The number of ether oxygens (including phenoxy) is 2. The molecule has 7 rings (SSSR count). The maximum atomic E-state index is 5.50. The van der Waals surface area contributed by atoms with Crippen molar-refractivity contribution < 1.29 is 9.47 Å². The number of nitrogens with zero attached hydrogens (tertiary/aromatic N) is 9. The summed E-state index contributed by atoms with van der Waals surface area (Å²) < 4.78 is 14.5. The van der Waals surface area contributed by atoms with Crippen LogP contribution in [0.2, 0.25) is 0 Å². The Morgan fingerprint density at radius 2 is 1.11 bits per heavy atom. The van der Waals surface area contributed by atoms with Crippen LogP contribution >= 0.6 is 22.7 Å². The third-order valence-electron chi connectivity index (χ3n) is 5.91. The van der Waals surface area contributed by atoms with Gasteiger partial charge in [0.25, 0.3) is 0 Å². The number of benzene rings is 2. The van der Waals surface area contributed by atoms with E-state index < -0.39 is 0 Å². The molecule has 0 fully saturated rings. The van der Waals surface area contributed by atoms with Gasteiger partial charge in [0.2, 0.25) is 9.92 Å². The first kappa shape index (κ1) is 22.4. The minimum absolute atomic E-state index is 0.613. The molecule has 0 atom stereocenters. The summed E-state index contributed by atoms with van der Waals surface area (Å²) in [5.74, 6) is 2.63. The molecule has 0 saturated heterocycles. The highest BCUT2D eigenvalue weighted by molar-refractivity contribution is 7.20. The summed E-state index contributed by atoms with van der Waals surface area (Å²) in [5, 5.41) is 28.4. The average Bonchev–Trinajstić information content (AvgIpc) is 3.74. The number of hydrogen-bond acceptors (Lipinski definition) is 11. The second-order valence-electron chi connectivity index (χ2n) is 8.11. The van der Waals surface area contributed by atoms with Crippen LogP contribution in [-0.2, 0) is 0 Å². The smallest absolute Gasteiger partial charge is 0.235 e. The predicted octanol–water partition coefficient (Wildman–Crippen LogP) is 4.77. The monoisotopic (exact) mass is 539 g/mol. The Hall–Kier alpha value is -4.75. The van der Waals surface area contributed by atoms with E-state index in [2.05, 4.69) is 25.4 Å². The quantitative estimate of drug-likeness (QED) is 0.295. The van der Waals surface area contributed by atoms with Gasteiger partial charge in [-0.05, 0) is 30.3 Å². The summed E-state index contributed by atoms with van der Waals surface area (Å²) in [6.07, 6.45) is 3.55. The highest BCUT2D eigenvalue weighted by atomic mass is 32.1. The van der Waals surface area contributed by atoms with Crippen LogP contribution in [0, 0.1) is 0 Å². The van der Waals surface area contributed by atoms with Gasteiger partial charge in [-0.15, -0.1) is 20.4 Å². The van der Waals surface area contributed by atoms with E-state index >= 15 is 0 Å². The van der Waals surface area contributed by atoms with Crippen LogP contribution in [0.15, 0.2) is 67.0 Å². The standard InChI is InChI=1S/C25H17N9O2S2/c1-35-18-9-5-3-7-16(18)20-27-29-24-33(20)31-22(37-24)14-11-15(13-26-12-14)23-32-34-21(28-30-25(34)38-23)17-8-4-6-10-19(17)36-2/h3-13H,1-2H3. The van der Waals surface area contributed by atoms with E-state index in [1.807, 2.05) is 54.6 Å². The summed E-state index contributed by atoms with van der Waals surface area (Å²) in [5.41, 5.74) is 3.33. The van der Waals surface area contributed by atoms with E-state index in [0.29, 0.717) is 33.1 Å². The molecule has 0 bridgehead atoms. The fraction of sp³-hybridized carbons (Fsp3) is 0.0800. The Labute approximate surface area is 223 Å². The van der Waals surface area contributed by atoms with E-state index in [4.69, 9.17) is 19.7 Å². The average molecular weight is 540 g/mol. The van der Waals surface area contributed by atoms with E-state index in [9.17, 15) is 0 Å². The van der Waals surface area contributed by atoms with Crippen LogP contribution in [0.4, 0.5) is 0 Å². The highest BCUT2D eigenvalue weighted by Crippen LogP contribution is 2.35. The van der Waals surface area contributed by atoms with Crippen molar-refractivity contribution in [3.63, 3.8) is 0 Å². The Balaban J connectivity index is 1.27.